The van der Waals surface area contributed by atoms with Crippen LogP contribution in [0.2, 0.25) is 0 Å². The first-order valence-electron chi connectivity index (χ1n) is 9.59. The van der Waals surface area contributed by atoms with Crippen LogP contribution in [0.25, 0.3) is 0 Å². The Bertz CT molecular complexity index is 975. The summed E-state index contributed by atoms with van der Waals surface area (Å²) in [4.78, 5) is 12.6. The highest BCUT2D eigenvalue weighted by molar-refractivity contribution is 7.89. The largest absolute Gasteiger partial charge is 0.497 e. The van der Waals surface area contributed by atoms with Crippen LogP contribution >= 0.6 is 0 Å². The Kier molecular flexibility index (Phi) is 7.54. The van der Waals surface area contributed by atoms with Gasteiger partial charge < -0.3 is 9.47 Å². The number of hydrogen-bond donors (Lipinski definition) is 1. The molecule has 0 aliphatic carbocycles. The van der Waals surface area contributed by atoms with Crippen molar-refractivity contribution in [2.24, 2.45) is 5.92 Å². The van der Waals surface area contributed by atoms with E-state index in [-0.39, 0.29) is 36.0 Å². The van der Waals surface area contributed by atoms with Crippen molar-refractivity contribution in [3.8, 4) is 5.75 Å². The number of nitrogens with zero attached hydrogens (tertiary/aromatic N) is 1. The molecule has 0 aromatic heterocycles. The molecule has 1 aromatic rings. The molecule has 1 aliphatic heterocycles. The molecule has 30 heavy (non-hydrogen) atoms. The summed E-state index contributed by atoms with van der Waals surface area (Å²) in [5, 5.41) is 0. The molecule has 1 aromatic carbocycles. The molecular formula is C19H30N2O7S2. The summed E-state index contributed by atoms with van der Waals surface area (Å²) in [5.74, 6) is -0.347. The van der Waals surface area contributed by atoms with Gasteiger partial charge in [-0.3, -0.25) is 0 Å². The lowest BCUT2D eigenvalue weighted by Crippen LogP contribution is -2.41. The Labute approximate surface area is 178 Å². The van der Waals surface area contributed by atoms with E-state index in [0.717, 1.165) is 6.26 Å². The van der Waals surface area contributed by atoms with Crippen LogP contribution in [0, 0.1) is 5.92 Å². The van der Waals surface area contributed by atoms with Crippen molar-refractivity contribution in [2.75, 3.05) is 33.0 Å². The number of benzene rings is 1. The first-order valence-corrected chi connectivity index (χ1v) is 12.9. The highest BCUT2D eigenvalue weighted by atomic mass is 32.2. The Morgan fingerprint density at radius 3 is 2.27 bits per heavy atom. The van der Waals surface area contributed by atoms with Crippen LogP contribution in [0.1, 0.15) is 44.0 Å². The number of nitrogens with one attached hydrogen (secondary N) is 1. The molecule has 0 bridgehead atoms. The van der Waals surface area contributed by atoms with Gasteiger partial charge in [-0.2, -0.15) is 4.31 Å². The molecule has 0 radical (unpaired) electrons. The number of sulfonamides is 2. The summed E-state index contributed by atoms with van der Waals surface area (Å²) in [6.07, 6.45) is 2.12. The lowest BCUT2D eigenvalue weighted by atomic mass is 9.99. The standard InChI is InChI=1S/C19H30N2O7S2/c1-19(2,3)28-18(22)16-12-15(27-4)6-7-17(16)30(25,26)21-10-8-14(9-11-21)13-20-29(5,23)24/h6-7,12,14,20H,8-11,13H2,1-5H3. The molecule has 1 heterocycles. The van der Waals surface area contributed by atoms with E-state index in [1.165, 1.54) is 29.6 Å². The maximum absolute atomic E-state index is 13.3. The van der Waals surface area contributed by atoms with Gasteiger partial charge in [0.05, 0.1) is 23.8 Å². The zero-order valence-corrected chi connectivity index (χ0v) is 19.6. The van der Waals surface area contributed by atoms with E-state index in [2.05, 4.69) is 4.72 Å². The Balaban J connectivity index is 2.24. The van der Waals surface area contributed by atoms with Crippen molar-refractivity contribution < 1.29 is 31.1 Å². The fraction of sp³-hybridized carbons (Fsp3) is 0.632. The van der Waals surface area contributed by atoms with E-state index in [1.54, 1.807) is 20.8 Å². The lowest BCUT2D eigenvalue weighted by molar-refractivity contribution is 0.00644. The minimum Gasteiger partial charge on any atom is -0.497 e. The van der Waals surface area contributed by atoms with Gasteiger partial charge in [0.1, 0.15) is 11.4 Å². The van der Waals surface area contributed by atoms with Crippen molar-refractivity contribution in [3.63, 3.8) is 0 Å². The van der Waals surface area contributed by atoms with Crippen molar-refractivity contribution in [2.45, 2.75) is 44.1 Å². The number of esters is 1. The summed E-state index contributed by atoms with van der Waals surface area (Å²) in [6, 6.07) is 4.21. The number of carbonyl (C=O) groups excluding carboxylic acids is 1. The topological polar surface area (TPSA) is 119 Å². The number of piperidine rings is 1. The smallest absolute Gasteiger partial charge is 0.340 e. The average Bonchev–Trinajstić information content (AvgIpc) is 2.64. The van der Waals surface area contributed by atoms with Gasteiger partial charge in [0.15, 0.2) is 0 Å². The average molecular weight is 463 g/mol. The van der Waals surface area contributed by atoms with Crippen LogP contribution in [0.4, 0.5) is 0 Å². The molecule has 1 N–H and O–H groups in total. The molecule has 170 valence electrons. The maximum Gasteiger partial charge on any atom is 0.340 e. The van der Waals surface area contributed by atoms with Gasteiger partial charge in [0, 0.05) is 19.6 Å². The summed E-state index contributed by atoms with van der Waals surface area (Å²) in [6.45, 7) is 5.85. The van der Waals surface area contributed by atoms with Gasteiger partial charge >= 0.3 is 5.97 Å². The maximum atomic E-state index is 13.3. The third kappa shape index (κ3) is 6.66. The Morgan fingerprint density at radius 2 is 1.77 bits per heavy atom. The number of carbonyl (C=O) groups is 1. The summed E-state index contributed by atoms with van der Waals surface area (Å²) in [7, 11) is -5.81. The molecule has 0 saturated carbocycles. The minimum atomic E-state index is -3.95. The van der Waals surface area contributed by atoms with Crippen molar-refractivity contribution in [1.29, 1.82) is 0 Å². The molecule has 0 spiro atoms. The predicted octanol–water partition coefficient (Wildman–Crippen LogP) is 1.60. The van der Waals surface area contributed by atoms with Gasteiger partial charge in [-0.15, -0.1) is 0 Å². The van der Waals surface area contributed by atoms with E-state index in [4.69, 9.17) is 9.47 Å². The van der Waals surface area contributed by atoms with Crippen LogP contribution in [0.3, 0.4) is 0 Å². The third-order valence-corrected chi connectivity index (χ3v) is 7.28. The molecule has 9 nitrogen and oxygen atoms in total. The molecular weight excluding hydrogens is 432 g/mol. The van der Waals surface area contributed by atoms with Crippen LogP contribution in [-0.4, -0.2) is 65.7 Å². The minimum absolute atomic E-state index is 0.0485. The molecule has 0 amide bonds. The molecule has 1 saturated heterocycles. The number of rotatable bonds is 7. The fourth-order valence-corrected chi connectivity index (χ4v) is 5.28. The van der Waals surface area contributed by atoms with E-state index < -0.39 is 31.6 Å². The van der Waals surface area contributed by atoms with Gasteiger partial charge in [0.25, 0.3) is 0 Å². The SMILES string of the molecule is COc1ccc(S(=O)(=O)N2CCC(CNS(C)(=O)=O)CC2)c(C(=O)OC(C)(C)C)c1. The van der Waals surface area contributed by atoms with Gasteiger partial charge in [-0.25, -0.2) is 26.4 Å². The first-order chi connectivity index (χ1) is 13.7. The van der Waals surface area contributed by atoms with Crippen LogP contribution < -0.4 is 9.46 Å². The van der Waals surface area contributed by atoms with Crippen molar-refractivity contribution >= 4 is 26.0 Å². The second kappa shape index (κ2) is 9.21. The molecule has 2 rings (SSSR count). The van der Waals surface area contributed by atoms with Gasteiger partial charge in [-0.05, 0) is 57.7 Å². The zero-order chi connectivity index (χ0) is 22.7. The summed E-state index contributed by atoms with van der Waals surface area (Å²) < 4.78 is 63.4. The van der Waals surface area contributed by atoms with E-state index in [1.807, 2.05) is 0 Å². The molecule has 11 heteroatoms. The monoisotopic (exact) mass is 462 g/mol. The predicted molar refractivity (Wildman–Crippen MR) is 112 cm³/mol. The number of hydrogen-bond acceptors (Lipinski definition) is 7. The quantitative estimate of drug-likeness (QED) is 0.611. The second-order valence-electron chi connectivity index (χ2n) is 8.33. The second-order valence-corrected chi connectivity index (χ2v) is 12.1. The zero-order valence-electron chi connectivity index (χ0n) is 18.0. The number of methoxy groups -OCH3 is 1. The Morgan fingerprint density at radius 1 is 1.17 bits per heavy atom. The van der Waals surface area contributed by atoms with Crippen LogP contribution in [-0.2, 0) is 24.8 Å². The molecule has 0 unspecified atom stereocenters. The normalized spacial score (nSPS) is 17.0. The first kappa shape index (κ1) is 24.6. The van der Waals surface area contributed by atoms with E-state index >= 15 is 0 Å². The van der Waals surface area contributed by atoms with Gasteiger partial charge in [-0.1, -0.05) is 0 Å². The lowest BCUT2D eigenvalue weighted by Gasteiger charge is -2.31. The highest BCUT2D eigenvalue weighted by Gasteiger charge is 2.34. The fourth-order valence-electron chi connectivity index (χ4n) is 3.12. The summed E-state index contributed by atoms with van der Waals surface area (Å²) in [5.41, 5.74) is -0.864. The Hall–Kier alpha value is -1.69. The van der Waals surface area contributed by atoms with Crippen molar-refractivity contribution in [3.05, 3.63) is 23.8 Å². The molecule has 0 atom stereocenters. The third-order valence-electron chi connectivity index (χ3n) is 4.63. The molecule has 1 aliphatic rings. The van der Waals surface area contributed by atoms with Crippen molar-refractivity contribution in [1.82, 2.24) is 9.03 Å². The van der Waals surface area contributed by atoms with Crippen LogP contribution in [0.5, 0.6) is 5.75 Å². The highest BCUT2D eigenvalue weighted by Crippen LogP contribution is 2.29. The summed E-state index contributed by atoms with van der Waals surface area (Å²) >= 11 is 0. The van der Waals surface area contributed by atoms with Gasteiger partial charge in [0.2, 0.25) is 20.0 Å². The molecule has 1 fully saturated rings. The van der Waals surface area contributed by atoms with E-state index in [0.29, 0.717) is 18.6 Å². The number of ether oxygens (including phenoxy) is 2. The van der Waals surface area contributed by atoms with Crippen LogP contribution in [0.15, 0.2) is 23.1 Å². The van der Waals surface area contributed by atoms with E-state index in [9.17, 15) is 21.6 Å².